The standard InChI is InChI=1S/C10H18N4/c1-2-14(10-3-4-11-6-10)7-9-5-12-8-13-9/h5,8,10-11H,2-4,6-7H2,1H3,(H,12,13). The molecule has 2 N–H and O–H groups in total. The van der Waals surface area contributed by atoms with Crippen LogP contribution in [0.3, 0.4) is 0 Å². The fraction of sp³-hybridized carbons (Fsp3) is 0.700. The Kier molecular flexibility index (Phi) is 3.16. The minimum absolute atomic E-state index is 0.697. The van der Waals surface area contributed by atoms with E-state index in [1.54, 1.807) is 6.33 Å². The SMILES string of the molecule is CCN(Cc1cnc[nH]1)C1CCNC1. The number of hydrogen-bond donors (Lipinski definition) is 2. The van der Waals surface area contributed by atoms with Crippen molar-refractivity contribution in [2.24, 2.45) is 0 Å². The number of rotatable bonds is 4. The number of aromatic nitrogens is 2. The van der Waals surface area contributed by atoms with Gasteiger partial charge in [0.05, 0.1) is 6.33 Å². The van der Waals surface area contributed by atoms with Crippen LogP contribution in [0.25, 0.3) is 0 Å². The lowest BCUT2D eigenvalue weighted by atomic mass is 10.2. The number of H-pyrrole nitrogens is 1. The molecule has 1 saturated heterocycles. The Morgan fingerprint density at radius 3 is 3.14 bits per heavy atom. The van der Waals surface area contributed by atoms with Crippen molar-refractivity contribution < 1.29 is 0 Å². The molecular formula is C10H18N4. The molecule has 78 valence electrons. The van der Waals surface area contributed by atoms with Crippen LogP contribution in [0.4, 0.5) is 0 Å². The number of nitrogens with one attached hydrogen (secondary N) is 2. The first-order valence-electron chi connectivity index (χ1n) is 5.32. The number of imidazole rings is 1. The maximum Gasteiger partial charge on any atom is 0.0922 e. The molecule has 1 unspecified atom stereocenters. The van der Waals surface area contributed by atoms with Gasteiger partial charge in [-0.25, -0.2) is 4.98 Å². The van der Waals surface area contributed by atoms with Gasteiger partial charge in [0, 0.05) is 31.0 Å². The Bertz CT molecular complexity index is 251. The van der Waals surface area contributed by atoms with E-state index in [2.05, 4.69) is 27.1 Å². The van der Waals surface area contributed by atoms with E-state index < -0.39 is 0 Å². The molecule has 0 spiro atoms. The van der Waals surface area contributed by atoms with Crippen molar-refractivity contribution in [1.29, 1.82) is 0 Å². The van der Waals surface area contributed by atoms with Gasteiger partial charge >= 0.3 is 0 Å². The second kappa shape index (κ2) is 4.57. The monoisotopic (exact) mass is 194 g/mol. The van der Waals surface area contributed by atoms with Crippen molar-refractivity contribution in [2.75, 3.05) is 19.6 Å². The summed E-state index contributed by atoms with van der Waals surface area (Å²) in [5, 5.41) is 3.40. The van der Waals surface area contributed by atoms with Gasteiger partial charge in [-0.15, -0.1) is 0 Å². The van der Waals surface area contributed by atoms with E-state index in [1.807, 2.05) is 6.20 Å². The van der Waals surface area contributed by atoms with Gasteiger partial charge in [-0.3, -0.25) is 4.90 Å². The average molecular weight is 194 g/mol. The third-order valence-electron chi connectivity index (χ3n) is 2.89. The molecule has 2 rings (SSSR count). The van der Waals surface area contributed by atoms with Crippen molar-refractivity contribution in [3.05, 3.63) is 18.2 Å². The summed E-state index contributed by atoms with van der Waals surface area (Å²) >= 11 is 0. The lowest BCUT2D eigenvalue weighted by Gasteiger charge is -2.25. The maximum absolute atomic E-state index is 4.04. The molecule has 1 aromatic rings. The molecular weight excluding hydrogens is 176 g/mol. The van der Waals surface area contributed by atoms with E-state index in [1.165, 1.54) is 12.1 Å². The number of aromatic amines is 1. The van der Waals surface area contributed by atoms with Gasteiger partial charge in [-0.1, -0.05) is 6.92 Å². The number of likely N-dealkylation sites (N-methyl/N-ethyl adjacent to an activating group) is 1. The van der Waals surface area contributed by atoms with Gasteiger partial charge < -0.3 is 10.3 Å². The summed E-state index contributed by atoms with van der Waals surface area (Å²) in [7, 11) is 0. The first kappa shape index (κ1) is 9.68. The highest BCUT2D eigenvalue weighted by Crippen LogP contribution is 2.11. The zero-order valence-corrected chi connectivity index (χ0v) is 8.66. The zero-order chi connectivity index (χ0) is 9.80. The Morgan fingerprint density at radius 2 is 2.57 bits per heavy atom. The van der Waals surface area contributed by atoms with Crippen LogP contribution in [-0.4, -0.2) is 40.5 Å². The van der Waals surface area contributed by atoms with E-state index in [4.69, 9.17) is 0 Å². The van der Waals surface area contributed by atoms with Crippen molar-refractivity contribution >= 4 is 0 Å². The molecule has 14 heavy (non-hydrogen) atoms. The second-order valence-corrected chi connectivity index (χ2v) is 3.79. The first-order valence-corrected chi connectivity index (χ1v) is 5.32. The molecule has 1 fully saturated rings. The summed E-state index contributed by atoms with van der Waals surface area (Å²) in [6.07, 6.45) is 4.92. The van der Waals surface area contributed by atoms with Crippen molar-refractivity contribution in [3.63, 3.8) is 0 Å². The maximum atomic E-state index is 4.04. The Morgan fingerprint density at radius 1 is 1.64 bits per heavy atom. The normalized spacial score (nSPS) is 22.0. The van der Waals surface area contributed by atoms with E-state index in [-0.39, 0.29) is 0 Å². The van der Waals surface area contributed by atoms with E-state index in [9.17, 15) is 0 Å². The van der Waals surface area contributed by atoms with Crippen LogP contribution < -0.4 is 5.32 Å². The van der Waals surface area contributed by atoms with Crippen molar-refractivity contribution in [1.82, 2.24) is 20.2 Å². The van der Waals surface area contributed by atoms with Crippen LogP contribution in [0.15, 0.2) is 12.5 Å². The Labute approximate surface area is 84.7 Å². The molecule has 0 radical (unpaired) electrons. The van der Waals surface area contributed by atoms with Crippen LogP contribution in [0.2, 0.25) is 0 Å². The average Bonchev–Trinajstić information content (AvgIpc) is 2.86. The minimum Gasteiger partial charge on any atom is -0.347 e. The number of nitrogens with zero attached hydrogens (tertiary/aromatic N) is 2. The molecule has 4 nitrogen and oxygen atoms in total. The topological polar surface area (TPSA) is 44.0 Å². The predicted molar refractivity (Wildman–Crippen MR) is 55.9 cm³/mol. The third kappa shape index (κ3) is 2.13. The second-order valence-electron chi connectivity index (χ2n) is 3.79. The lowest BCUT2D eigenvalue weighted by Crippen LogP contribution is -2.36. The summed E-state index contributed by atoms with van der Waals surface area (Å²) in [6, 6.07) is 0.697. The van der Waals surface area contributed by atoms with Gasteiger partial charge in [0.1, 0.15) is 0 Å². The summed E-state index contributed by atoms with van der Waals surface area (Å²) in [4.78, 5) is 9.68. The largest absolute Gasteiger partial charge is 0.347 e. The van der Waals surface area contributed by atoms with Gasteiger partial charge in [0.25, 0.3) is 0 Å². The van der Waals surface area contributed by atoms with Gasteiger partial charge in [-0.2, -0.15) is 0 Å². The Balaban J connectivity index is 1.92. The van der Waals surface area contributed by atoms with Gasteiger partial charge in [0.15, 0.2) is 0 Å². The summed E-state index contributed by atoms with van der Waals surface area (Å²) in [5.41, 5.74) is 1.21. The molecule has 1 aliphatic rings. The predicted octanol–water partition coefficient (Wildman–Crippen LogP) is 0.593. The van der Waals surface area contributed by atoms with Crippen molar-refractivity contribution in [2.45, 2.75) is 25.9 Å². The van der Waals surface area contributed by atoms with E-state index in [0.717, 1.165) is 26.2 Å². The molecule has 0 aliphatic carbocycles. The minimum atomic E-state index is 0.697. The summed E-state index contributed by atoms with van der Waals surface area (Å²) in [6.45, 7) is 6.59. The third-order valence-corrected chi connectivity index (χ3v) is 2.89. The van der Waals surface area contributed by atoms with Crippen LogP contribution in [0.5, 0.6) is 0 Å². The smallest absolute Gasteiger partial charge is 0.0922 e. The molecule has 2 heterocycles. The molecule has 0 bridgehead atoms. The molecule has 1 aromatic heterocycles. The first-order chi connectivity index (χ1) is 6.90. The fourth-order valence-electron chi connectivity index (χ4n) is 2.04. The summed E-state index contributed by atoms with van der Waals surface area (Å²) in [5.74, 6) is 0. The Hall–Kier alpha value is -0.870. The highest BCUT2D eigenvalue weighted by molar-refractivity contribution is 4.95. The van der Waals surface area contributed by atoms with Crippen LogP contribution >= 0.6 is 0 Å². The molecule has 4 heteroatoms. The number of hydrogen-bond acceptors (Lipinski definition) is 3. The summed E-state index contributed by atoms with van der Waals surface area (Å²) < 4.78 is 0. The lowest BCUT2D eigenvalue weighted by molar-refractivity contribution is 0.208. The van der Waals surface area contributed by atoms with Crippen molar-refractivity contribution in [3.8, 4) is 0 Å². The fourth-order valence-corrected chi connectivity index (χ4v) is 2.04. The molecule has 0 aromatic carbocycles. The zero-order valence-electron chi connectivity index (χ0n) is 8.66. The van der Waals surface area contributed by atoms with E-state index >= 15 is 0 Å². The van der Waals surface area contributed by atoms with Crippen LogP contribution in [0.1, 0.15) is 19.0 Å². The van der Waals surface area contributed by atoms with E-state index in [0.29, 0.717) is 6.04 Å². The van der Waals surface area contributed by atoms with Gasteiger partial charge in [-0.05, 0) is 19.5 Å². The quantitative estimate of drug-likeness (QED) is 0.737. The van der Waals surface area contributed by atoms with Crippen LogP contribution in [0, 0.1) is 0 Å². The molecule has 1 aliphatic heterocycles. The highest BCUT2D eigenvalue weighted by atomic mass is 15.2. The van der Waals surface area contributed by atoms with Crippen LogP contribution in [-0.2, 0) is 6.54 Å². The molecule has 0 amide bonds. The molecule has 1 atom stereocenters. The van der Waals surface area contributed by atoms with Gasteiger partial charge in [0.2, 0.25) is 0 Å². The molecule has 0 saturated carbocycles. The highest BCUT2D eigenvalue weighted by Gasteiger charge is 2.20.